The minimum Gasteiger partial charge on any atom is -0.355 e. The lowest BCUT2D eigenvalue weighted by atomic mass is 10.2. The fourth-order valence-electron chi connectivity index (χ4n) is 2.80. The van der Waals surface area contributed by atoms with Gasteiger partial charge in [-0.1, -0.05) is 11.6 Å². The van der Waals surface area contributed by atoms with Crippen LogP contribution in [0.15, 0.2) is 30.3 Å². The van der Waals surface area contributed by atoms with Crippen molar-refractivity contribution >= 4 is 29.1 Å². The molecule has 1 N–H and O–H groups in total. The van der Waals surface area contributed by atoms with Crippen LogP contribution in [0.5, 0.6) is 0 Å². The number of halogens is 1. The smallest absolute Gasteiger partial charge is 0.229 e. The fourth-order valence-corrected chi connectivity index (χ4v) is 2.93. The lowest BCUT2D eigenvalue weighted by Gasteiger charge is -2.21. The molecule has 0 spiro atoms. The van der Waals surface area contributed by atoms with Crippen LogP contribution in [0.3, 0.4) is 0 Å². The van der Waals surface area contributed by atoms with Gasteiger partial charge in [-0.3, -0.25) is 0 Å². The third-order valence-electron chi connectivity index (χ3n) is 4.16. The van der Waals surface area contributed by atoms with Gasteiger partial charge in [-0.15, -0.1) is 0 Å². The molecule has 1 aliphatic rings. The number of hydrogen-bond donors (Lipinski definition) is 1. The summed E-state index contributed by atoms with van der Waals surface area (Å²) in [4.78, 5) is 13.8. The quantitative estimate of drug-likeness (QED) is 0.931. The maximum Gasteiger partial charge on any atom is 0.229 e. The first-order valence-electron chi connectivity index (χ1n) is 7.81. The number of rotatable bonds is 4. The number of hydrogen-bond acceptors (Lipinski definition) is 5. The van der Waals surface area contributed by atoms with E-state index in [0.29, 0.717) is 17.0 Å². The summed E-state index contributed by atoms with van der Waals surface area (Å²) in [6, 6.07) is 10.2. The summed E-state index contributed by atoms with van der Waals surface area (Å²) in [5.41, 5.74) is 1.89. The number of aryl methyl sites for hydroxylation is 1. The molecule has 5 nitrogen and oxygen atoms in total. The molecule has 1 aromatic carbocycles. The molecule has 1 saturated heterocycles. The number of nitrogens with zero attached hydrogens (tertiary/aromatic N) is 4. The number of anilines is 3. The Balaban J connectivity index is 1.78. The highest BCUT2D eigenvalue weighted by Crippen LogP contribution is 2.23. The number of benzene rings is 1. The van der Waals surface area contributed by atoms with Crippen LogP contribution in [0.25, 0.3) is 0 Å². The molecule has 0 bridgehead atoms. The van der Waals surface area contributed by atoms with E-state index in [1.54, 1.807) is 0 Å². The first kappa shape index (κ1) is 16.0. The molecule has 2 aromatic rings. The van der Waals surface area contributed by atoms with E-state index in [2.05, 4.69) is 39.2 Å². The molecule has 6 heteroatoms. The summed E-state index contributed by atoms with van der Waals surface area (Å²) in [6.07, 6.45) is 1.16. The highest BCUT2D eigenvalue weighted by molar-refractivity contribution is 6.30. The summed E-state index contributed by atoms with van der Waals surface area (Å²) >= 11 is 5.92. The van der Waals surface area contributed by atoms with Gasteiger partial charge in [0, 0.05) is 41.6 Å². The molecule has 2 heterocycles. The zero-order valence-corrected chi connectivity index (χ0v) is 14.5. The van der Waals surface area contributed by atoms with Gasteiger partial charge in [0.1, 0.15) is 5.82 Å². The lowest BCUT2D eigenvalue weighted by Crippen LogP contribution is -2.31. The van der Waals surface area contributed by atoms with E-state index in [1.807, 2.05) is 37.3 Å². The van der Waals surface area contributed by atoms with Crippen molar-refractivity contribution in [1.29, 1.82) is 0 Å². The van der Waals surface area contributed by atoms with Crippen molar-refractivity contribution in [1.82, 2.24) is 14.9 Å². The molecule has 1 unspecified atom stereocenters. The van der Waals surface area contributed by atoms with Crippen molar-refractivity contribution in [2.45, 2.75) is 19.4 Å². The van der Waals surface area contributed by atoms with Crippen LogP contribution < -0.4 is 10.2 Å². The van der Waals surface area contributed by atoms with E-state index < -0.39 is 0 Å². The lowest BCUT2D eigenvalue weighted by molar-refractivity contribution is 0.315. The van der Waals surface area contributed by atoms with Crippen LogP contribution in [0, 0.1) is 6.92 Å². The SMILES string of the molecule is Cc1cc(N2CCC(N(C)C)C2)nc(Nc2ccc(Cl)cc2)n1. The second-order valence-corrected chi connectivity index (χ2v) is 6.61. The van der Waals surface area contributed by atoms with E-state index >= 15 is 0 Å². The summed E-state index contributed by atoms with van der Waals surface area (Å²) in [6.45, 7) is 4.03. The molecule has 0 aliphatic carbocycles. The summed E-state index contributed by atoms with van der Waals surface area (Å²) < 4.78 is 0. The first-order chi connectivity index (χ1) is 11.0. The molecule has 1 atom stereocenters. The Morgan fingerprint density at radius 2 is 1.96 bits per heavy atom. The van der Waals surface area contributed by atoms with Crippen molar-refractivity contribution < 1.29 is 0 Å². The van der Waals surface area contributed by atoms with E-state index in [1.165, 1.54) is 0 Å². The van der Waals surface area contributed by atoms with Gasteiger partial charge in [0.05, 0.1) is 0 Å². The molecule has 23 heavy (non-hydrogen) atoms. The number of nitrogens with one attached hydrogen (secondary N) is 1. The van der Waals surface area contributed by atoms with Gasteiger partial charge in [0.2, 0.25) is 5.95 Å². The van der Waals surface area contributed by atoms with Crippen molar-refractivity contribution in [3.63, 3.8) is 0 Å². The Labute approximate surface area is 142 Å². The van der Waals surface area contributed by atoms with E-state index in [4.69, 9.17) is 11.6 Å². The average Bonchev–Trinajstić information content (AvgIpc) is 2.99. The first-order valence-corrected chi connectivity index (χ1v) is 8.19. The van der Waals surface area contributed by atoms with Gasteiger partial charge < -0.3 is 15.1 Å². The zero-order chi connectivity index (χ0) is 16.4. The molecule has 1 aromatic heterocycles. The highest BCUT2D eigenvalue weighted by atomic mass is 35.5. The van der Waals surface area contributed by atoms with Gasteiger partial charge in [-0.2, -0.15) is 4.98 Å². The molecule has 0 radical (unpaired) electrons. The third kappa shape index (κ3) is 3.92. The largest absolute Gasteiger partial charge is 0.355 e. The average molecular weight is 332 g/mol. The topological polar surface area (TPSA) is 44.3 Å². The van der Waals surface area contributed by atoms with Crippen LogP contribution in [0.1, 0.15) is 12.1 Å². The van der Waals surface area contributed by atoms with Crippen LogP contribution in [-0.2, 0) is 0 Å². The molecular formula is C17H22ClN5. The molecule has 0 amide bonds. The van der Waals surface area contributed by atoms with Crippen LogP contribution in [0.2, 0.25) is 5.02 Å². The minimum absolute atomic E-state index is 0.581. The standard InChI is InChI=1S/C17H22ClN5/c1-12-10-16(23-9-8-15(11-23)22(2)3)21-17(19-12)20-14-6-4-13(18)5-7-14/h4-7,10,15H,8-9,11H2,1-3H3,(H,19,20,21). The third-order valence-corrected chi connectivity index (χ3v) is 4.41. The van der Waals surface area contributed by atoms with Gasteiger partial charge in [0.25, 0.3) is 0 Å². The second-order valence-electron chi connectivity index (χ2n) is 6.18. The molecule has 1 aliphatic heterocycles. The highest BCUT2D eigenvalue weighted by Gasteiger charge is 2.25. The maximum absolute atomic E-state index is 5.92. The predicted octanol–water partition coefficient (Wildman–Crippen LogP) is 3.32. The van der Waals surface area contributed by atoms with Gasteiger partial charge in [-0.05, 0) is 51.7 Å². The Kier molecular flexibility index (Phi) is 4.68. The van der Waals surface area contributed by atoms with Crippen molar-refractivity contribution in [3.05, 3.63) is 41.0 Å². The minimum atomic E-state index is 0.581. The maximum atomic E-state index is 5.92. The predicted molar refractivity (Wildman–Crippen MR) is 95.8 cm³/mol. The molecule has 0 saturated carbocycles. The summed E-state index contributed by atoms with van der Waals surface area (Å²) in [5.74, 6) is 1.61. The second kappa shape index (κ2) is 6.72. The Morgan fingerprint density at radius 3 is 2.61 bits per heavy atom. The molecule has 122 valence electrons. The van der Waals surface area contributed by atoms with Crippen molar-refractivity contribution in [3.8, 4) is 0 Å². The van der Waals surface area contributed by atoms with E-state index in [9.17, 15) is 0 Å². The summed E-state index contributed by atoms with van der Waals surface area (Å²) in [7, 11) is 4.26. The fraction of sp³-hybridized carbons (Fsp3) is 0.412. The van der Waals surface area contributed by atoms with Gasteiger partial charge >= 0.3 is 0 Å². The number of likely N-dealkylation sites (N-methyl/N-ethyl adjacent to an activating group) is 1. The Morgan fingerprint density at radius 1 is 1.22 bits per heavy atom. The Hall–Kier alpha value is -1.85. The van der Waals surface area contributed by atoms with Gasteiger partial charge in [0.15, 0.2) is 0 Å². The van der Waals surface area contributed by atoms with Crippen LogP contribution in [-0.4, -0.2) is 48.1 Å². The van der Waals surface area contributed by atoms with E-state index in [0.717, 1.165) is 36.7 Å². The molecular weight excluding hydrogens is 310 g/mol. The monoisotopic (exact) mass is 331 g/mol. The Bertz CT molecular complexity index is 671. The molecule has 1 fully saturated rings. The molecule has 3 rings (SSSR count). The van der Waals surface area contributed by atoms with E-state index in [-0.39, 0.29) is 0 Å². The normalized spacial score (nSPS) is 17.8. The van der Waals surface area contributed by atoms with Crippen LogP contribution in [0.4, 0.5) is 17.5 Å². The number of aromatic nitrogens is 2. The van der Waals surface area contributed by atoms with Crippen LogP contribution >= 0.6 is 11.6 Å². The summed E-state index contributed by atoms with van der Waals surface area (Å²) in [5, 5.41) is 3.97. The van der Waals surface area contributed by atoms with Crippen molar-refractivity contribution in [2.75, 3.05) is 37.4 Å². The van der Waals surface area contributed by atoms with Crippen molar-refractivity contribution in [2.24, 2.45) is 0 Å². The zero-order valence-electron chi connectivity index (χ0n) is 13.8. The van der Waals surface area contributed by atoms with Gasteiger partial charge in [-0.25, -0.2) is 4.98 Å².